The molecular weight excluding hydrogens is 610 g/mol. The number of hydrogen-bond donors (Lipinski definition) is 2. The molecule has 0 bridgehead atoms. The first kappa shape index (κ1) is 33.2. The van der Waals surface area contributed by atoms with Gasteiger partial charge in [0.2, 0.25) is 5.95 Å². The monoisotopic (exact) mass is 655 g/mol. The summed E-state index contributed by atoms with van der Waals surface area (Å²) in [7, 11) is -1.27. The standard InChI is InChI=1S/C33H46ClN7O3S/c1-5-6-21-45(42,43)31-10-8-7-9-29(31)36-32-27(34)23-35-33(38-32)37-28-12-11-26(22-30(28)44-24(2)3)40-15-13-25(14-16-40)41-19-17-39(4)18-20-41/h7-12,22-25H,5-6,13-21H2,1-4H3,(H2,35,36,37,38). The molecule has 0 unspecified atom stereocenters. The third-order valence-electron chi connectivity index (χ3n) is 8.44. The lowest BCUT2D eigenvalue weighted by atomic mass is 10.0. The number of sulfone groups is 1. The third-order valence-corrected chi connectivity index (χ3v) is 10.6. The van der Waals surface area contributed by atoms with E-state index in [1.54, 1.807) is 24.3 Å². The number of likely N-dealkylation sites (N-methyl/N-ethyl adjacent to an activating group) is 1. The minimum atomic E-state index is -3.48. The average molecular weight is 656 g/mol. The fraction of sp³-hybridized carbons (Fsp3) is 0.515. The highest BCUT2D eigenvalue weighted by Crippen LogP contribution is 2.35. The van der Waals surface area contributed by atoms with E-state index >= 15 is 0 Å². The number of ether oxygens (including phenoxy) is 1. The number of benzene rings is 2. The first-order valence-electron chi connectivity index (χ1n) is 16.0. The van der Waals surface area contributed by atoms with Crippen LogP contribution in [0.2, 0.25) is 5.02 Å². The van der Waals surface area contributed by atoms with E-state index in [9.17, 15) is 8.42 Å². The summed E-state index contributed by atoms with van der Waals surface area (Å²) in [5, 5.41) is 6.70. The summed E-state index contributed by atoms with van der Waals surface area (Å²) in [6.45, 7) is 12.6. The molecule has 10 nitrogen and oxygen atoms in total. The Balaban J connectivity index is 1.31. The van der Waals surface area contributed by atoms with E-state index in [1.165, 1.54) is 6.20 Å². The highest BCUT2D eigenvalue weighted by molar-refractivity contribution is 7.91. The van der Waals surface area contributed by atoms with Crippen molar-refractivity contribution in [3.05, 3.63) is 53.7 Å². The first-order chi connectivity index (χ1) is 21.6. The molecule has 0 atom stereocenters. The molecule has 2 aliphatic rings. The van der Waals surface area contributed by atoms with Crippen molar-refractivity contribution in [3.8, 4) is 5.75 Å². The Bertz CT molecular complexity index is 1540. The molecule has 0 radical (unpaired) electrons. The maximum absolute atomic E-state index is 13.0. The van der Waals surface area contributed by atoms with Gasteiger partial charge in [-0.05, 0) is 64.4 Å². The second-order valence-electron chi connectivity index (χ2n) is 12.2. The molecule has 244 valence electrons. The zero-order valence-electron chi connectivity index (χ0n) is 26.8. The van der Waals surface area contributed by atoms with E-state index < -0.39 is 9.84 Å². The van der Waals surface area contributed by atoms with E-state index in [4.69, 9.17) is 16.3 Å². The Morgan fingerprint density at radius 1 is 1.00 bits per heavy atom. The summed E-state index contributed by atoms with van der Waals surface area (Å²) in [6, 6.07) is 13.7. The molecule has 2 saturated heterocycles. The predicted octanol–water partition coefficient (Wildman–Crippen LogP) is 6.19. The molecule has 3 heterocycles. The van der Waals surface area contributed by atoms with Crippen LogP contribution in [0.1, 0.15) is 46.5 Å². The van der Waals surface area contributed by atoms with E-state index in [0.717, 1.165) is 69.9 Å². The van der Waals surface area contributed by atoms with Gasteiger partial charge in [0.05, 0.1) is 34.3 Å². The number of unbranched alkanes of at least 4 members (excludes halogenated alkanes) is 1. The summed E-state index contributed by atoms with van der Waals surface area (Å²) >= 11 is 6.47. The van der Waals surface area contributed by atoms with Gasteiger partial charge in [-0.3, -0.25) is 4.90 Å². The normalized spacial score (nSPS) is 17.1. The van der Waals surface area contributed by atoms with Gasteiger partial charge in [0, 0.05) is 57.1 Å². The molecule has 0 aliphatic carbocycles. The summed E-state index contributed by atoms with van der Waals surface area (Å²) < 4.78 is 32.3. The lowest BCUT2D eigenvalue weighted by molar-refractivity contribution is 0.0982. The summed E-state index contributed by atoms with van der Waals surface area (Å²) in [6.07, 6.45) is 5.16. The van der Waals surface area contributed by atoms with Gasteiger partial charge in [-0.15, -0.1) is 0 Å². The van der Waals surface area contributed by atoms with Crippen LogP contribution < -0.4 is 20.3 Å². The quantitative estimate of drug-likeness (QED) is 0.235. The number of hydrogen-bond acceptors (Lipinski definition) is 10. The van der Waals surface area contributed by atoms with Crippen molar-refractivity contribution < 1.29 is 13.2 Å². The first-order valence-corrected chi connectivity index (χ1v) is 18.0. The van der Waals surface area contributed by atoms with Crippen molar-refractivity contribution in [2.24, 2.45) is 0 Å². The lowest BCUT2D eigenvalue weighted by Crippen LogP contribution is -2.52. The van der Waals surface area contributed by atoms with Crippen LogP contribution in [0.3, 0.4) is 0 Å². The highest BCUT2D eigenvalue weighted by Gasteiger charge is 2.27. The van der Waals surface area contributed by atoms with Gasteiger partial charge in [0.25, 0.3) is 0 Å². The number of piperazine rings is 1. The number of para-hydroxylation sites is 1. The van der Waals surface area contributed by atoms with Crippen molar-refractivity contribution in [2.75, 3.05) is 67.6 Å². The topological polar surface area (TPSA) is 103 Å². The molecule has 0 spiro atoms. The maximum Gasteiger partial charge on any atom is 0.229 e. The SMILES string of the molecule is CCCCS(=O)(=O)c1ccccc1Nc1nc(Nc2ccc(N3CCC(N4CCN(C)CC4)CC3)cc2OC(C)C)ncc1Cl. The zero-order chi connectivity index (χ0) is 32.0. The van der Waals surface area contributed by atoms with Crippen LogP contribution in [-0.2, 0) is 9.84 Å². The number of halogens is 1. The van der Waals surface area contributed by atoms with Gasteiger partial charge in [0.1, 0.15) is 10.8 Å². The molecule has 12 heteroatoms. The molecule has 1 aromatic heterocycles. The summed E-state index contributed by atoms with van der Waals surface area (Å²) in [5.74, 6) is 1.40. The summed E-state index contributed by atoms with van der Waals surface area (Å²) in [5.41, 5.74) is 2.29. The number of piperidine rings is 1. The number of nitrogens with one attached hydrogen (secondary N) is 2. The molecule has 2 aliphatic heterocycles. The molecule has 45 heavy (non-hydrogen) atoms. The van der Waals surface area contributed by atoms with Crippen LogP contribution >= 0.6 is 11.6 Å². The highest BCUT2D eigenvalue weighted by atomic mass is 35.5. The molecule has 5 rings (SSSR count). The minimum Gasteiger partial charge on any atom is -0.489 e. The Hall–Kier alpha value is -3.12. The molecule has 0 amide bonds. The minimum absolute atomic E-state index is 0.0294. The number of nitrogens with zero attached hydrogens (tertiary/aromatic N) is 5. The average Bonchev–Trinajstić information content (AvgIpc) is 3.03. The largest absolute Gasteiger partial charge is 0.489 e. The van der Waals surface area contributed by atoms with Crippen LogP contribution in [0.4, 0.5) is 28.8 Å². The molecule has 2 aromatic carbocycles. The van der Waals surface area contributed by atoms with Crippen LogP contribution in [0, 0.1) is 0 Å². The molecule has 0 saturated carbocycles. The summed E-state index contributed by atoms with van der Waals surface area (Å²) in [4.78, 5) is 16.7. The Morgan fingerprint density at radius 3 is 2.44 bits per heavy atom. The van der Waals surface area contributed by atoms with Crippen molar-refractivity contribution in [2.45, 2.75) is 63.5 Å². The molecule has 2 N–H and O–H groups in total. The fourth-order valence-corrected chi connectivity index (χ4v) is 7.65. The van der Waals surface area contributed by atoms with Crippen molar-refractivity contribution in [3.63, 3.8) is 0 Å². The third kappa shape index (κ3) is 8.58. The van der Waals surface area contributed by atoms with Gasteiger partial charge in [-0.2, -0.15) is 4.98 Å². The van der Waals surface area contributed by atoms with Crippen molar-refractivity contribution in [1.82, 2.24) is 19.8 Å². The van der Waals surface area contributed by atoms with Gasteiger partial charge in [-0.25, -0.2) is 13.4 Å². The van der Waals surface area contributed by atoms with Gasteiger partial charge >= 0.3 is 0 Å². The van der Waals surface area contributed by atoms with E-state index in [1.807, 2.05) is 26.8 Å². The maximum atomic E-state index is 13.0. The Labute approximate surface area is 273 Å². The second-order valence-corrected chi connectivity index (χ2v) is 14.7. The lowest BCUT2D eigenvalue weighted by Gasteiger charge is -2.42. The number of anilines is 5. The molecular formula is C33H46ClN7O3S. The molecule has 2 fully saturated rings. The number of aromatic nitrogens is 2. The second kappa shape index (κ2) is 15.0. The number of rotatable bonds is 12. The van der Waals surface area contributed by atoms with E-state index in [-0.39, 0.29) is 21.8 Å². The van der Waals surface area contributed by atoms with E-state index in [0.29, 0.717) is 35.7 Å². The van der Waals surface area contributed by atoms with Crippen molar-refractivity contribution in [1.29, 1.82) is 0 Å². The van der Waals surface area contributed by atoms with Crippen LogP contribution in [-0.4, -0.2) is 92.4 Å². The van der Waals surface area contributed by atoms with Crippen molar-refractivity contribution >= 4 is 50.3 Å². The van der Waals surface area contributed by atoms with Gasteiger partial charge in [-0.1, -0.05) is 37.1 Å². The Kier molecular flexibility index (Phi) is 11.1. The fourth-order valence-electron chi connectivity index (χ4n) is 5.89. The smallest absolute Gasteiger partial charge is 0.229 e. The van der Waals surface area contributed by atoms with E-state index in [2.05, 4.69) is 54.5 Å². The van der Waals surface area contributed by atoms with Crippen LogP contribution in [0.15, 0.2) is 53.6 Å². The van der Waals surface area contributed by atoms with Crippen LogP contribution in [0.5, 0.6) is 5.75 Å². The zero-order valence-corrected chi connectivity index (χ0v) is 28.4. The molecule has 3 aromatic rings. The Morgan fingerprint density at radius 2 is 1.73 bits per heavy atom. The van der Waals surface area contributed by atoms with Gasteiger partial charge < -0.3 is 25.2 Å². The van der Waals surface area contributed by atoms with Crippen LogP contribution in [0.25, 0.3) is 0 Å². The van der Waals surface area contributed by atoms with Gasteiger partial charge in [0.15, 0.2) is 15.7 Å². The predicted molar refractivity (Wildman–Crippen MR) is 184 cm³/mol.